The maximum absolute atomic E-state index is 12.1. The monoisotopic (exact) mass is 456 g/mol. The largest absolute Gasteiger partial charge is 0.503 e. The molecular weight excluding hydrogens is 420 g/mol. The van der Waals surface area contributed by atoms with Crippen LogP contribution >= 0.6 is 0 Å². The van der Waals surface area contributed by atoms with Crippen LogP contribution in [0.4, 0.5) is 0 Å². The summed E-state index contributed by atoms with van der Waals surface area (Å²) in [5.41, 5.74) is 3.66. The number of carbonyl (C=O) groups excluding carboxylic acids is 1. The Morgan fingerprint density at radius 2 is 1.48 bits per heavy atom. The number of carbonyl (C=O) groups is 1. The van der Waals surface area contributed by atoms with E-state index in [0.717, 1.165) is 11.1 Å². The van der Waals surface area contributed by atoms with Gasteiger partial charge in [-0.25, -0.2) is 4.79 Å². The van der Waals surface area contributed by atoms with Gasteiger partial charge in [-0.3, -0.25) is 0 Å². The van der Waals surface area contributed by atoms with Gasteiger partial charge in [0.15, 0.2) is 0 Å². The van der Waals surface area contributed by atoms with Crippen molar-refractivity contribution in [2.24, 2.45) is 10.3 Å². The molecule has 7 nitrogen and oxygen atoms in total. The molecule has 2 aromatic carbocycles. The number of nitrogens with zero attached hydrogens (tertiary/aromatic N) is 2. The van der Waals surface area contributed by atoms with E-state index in [1.807, 2.05) is 76.2 Å². The molecule has 0 amide bonds. The average Bonchev–Trinajstić information content (AvgIpc) is 2.88. The van der Waals surface area contributed by atoms with E-state index in [2.05, 4.69) is 10.3 Å². The van der Waals surface area contributed by atoms with Crippen molar-refractivity contribution in [3.63, 3.8) is 0 Å². The molecule has 0 aliphatic rings. The lowest BCUT2D eigenvalue weighted by atomic mass is 10.0. The van der Waals surface area contributed by atoms with E-state index >= 15 is 0 Å². The Morgan fingerprint density at radius 1 is 0.879 bits per heavy atom. The third kappa shape index (κ3) is 9.60. The lowest BCUT2D eigenvalue weighted by molar-refractivity contribution is -0.133. The Bertz CT molecular complexity index is 906. The number of ether oxygens (including phenoxy) is 2. The van der Waals surface area contributed by atoms with Crippen LogP contribution in [0.15, 0.2) is 71.2 Å². The second kappa shape index (κ2) is 18.0. The molecule has 2 aromatic rings. The van der Waals surface area contributed by atoms with Crippen molar-refractivity contribution < 1.29 is 23.9 Å². The van der Waals surface area contributed by atoms with E-state index in [-0.39, 0.29) is 6.61 Å². The number of esters is 1. The van der Waals surface area contributed by atoms with Crippen LogP contribution in [0.25, 0.3) is 5.57 Å². The van der Waals surface area contributed by atoms with Gasteiger partial charge in [-0.2, -0.15) is 0 Å². The van der Waals surface area contributed by atoms with Gasteiger partial charge in [-0.15, -0.1) is 0 Å². The molecule has 0 bridgehead atoms. The first-order valence-electron chi connectivity index (χ1n) is 10.8. The van der Waals surface area contributed by atoms with Crippen molar-refractivity contribution in [2.45, 2.75) is 41.2 Å². The minimum atomic E-state index is -0.502. The SMILES string of the molecule is CC.CC.CO/C=C(/C(=O)OC)c1ccccc1CON=C(C)C(=NOC)c1ccccc1. The van der Waals surface area contributed by atoms with Crippen LogP contribution in [-0.2, 0) is 30.6 Å². The molecule has 2 rings (SSSR count). The fourth-order valence-electron chi connectivity index (χ4n) is 2.62. The molecule has 7 heteroatoms. The van der Waals surface area contributed by atoms with Crippen molar-refractivity contribution >= 4 is 23.0 Å². The van der Waals surface area contributed by atoms with E-state index < -0.39 is 5.97 Å². The van der Waals surface area contributed by atoms with Crippen LogP contribution < -0.4 is 0 Å². The zero-order valence-corrected chi connectivity index (χ0v) is 20.9. The maximum Gasteiger partial charge on any atom is 0.341 e. The highest BCUT2D eigenvalue weighted by Gasteiger charge is 2.17. The zero-order chi connectivity index (χ0) is 25.1. The Morgan fingerprint density at radius 3 is 2.06 bits per heavy atom. The van der Waals surface area contributed by atoms with Crippen molar-refractivity contribution in [3.8, 4) is 0 Å². The van der Waals surface area contributed by atoms with E-state index in [4.69, 9.17) is 19.1 Å². The maximum atomic E-state index is 12.1. The number of hydrogen-bond donors (Lipinski definition) is 0. The summed E-state index contributed by atoms with van der Waals surface area (Å²) in [6, 6.07) is 16.8. The molecular formula is C26H36N2O5. The number of hydrogen-bond acceptors (Lipinski definition) is 7. The van der Waals surface area contributed by atoms with Gasteiger partial charge in [-0.05, 0) is 12.5 Å². The van der Waals surface area contributed by atoms with Crippen LogP contribution in [0.2, 0.25) is 0 Å². The Kier molecular flexibility index (Phi) is 16.0. The smallest absolute Gasteiger partial charge is 0.341 e. The summed E-state index contributed by atoms with van der Waals surface area (Å²) in [5, 5.41) is 8.21. The first-order chi connectivity index (χ1) is 16.1. The fourth-order valence-corrected chi connectivity index (χ4v) is 2.62. The highest BCUT2D eigenvalue weighted by Crippen LogP contribution is 2.21. The summed E-state index contributed by atoms with van der Waals surface area (Å²) in [6.45, 7) is 9.92. The summed E-state index contributed by atoms with van der Waals surface area (Å²) < 4.78 is 9.86. The summed E-state index contributed by atoms with van der Waals surface area (Å²) in [6.07, 6.45) is 1.35. The van der Waals surface area contributed by atoms with Crippen LogP contribution in [-0.4, -0.2) is 38.7 Å². The summed E-state index contributed by atoms with van der Waals surface area (Å²) in [7, 11) is 4.26. The molecule has 0 fully saturated rings. The first kappa shape index (κ1) is 29.4. The lowest BCUT2D eigenvalue weighted by Crippen LogP contribution is -2.13. The minimum absolute atomic E-state index is 0.139. The molecule has 0 aliphatic carbocycles. The fraction of sp³-hybridized carbons (Fsp3) is 0.346. The van der Waals surface area contributed by atoms with Crippen molar-refractivity contribution in [2.75, 3.05) is 21.3 Å². The molecule has 0 heterocycles. The molecule has 0 aromatic heterocycles. The predicted molar refractivity (Wildman–Crippen MR) is 134 cm³/mol. The molecule has 0 radical (unpaired) electrons. The highest BCUT2D eigenvalue weighted by atomic mass is 16.6. The average molecular weight is 457 g/mol. The Labute approximate surface area is 197 Å². The van der Waals surface area contributed by atoms with Gasteiger partial charge in [0.25, 0.3) is 0 Å². The van der Waals surface area contributed by atoms with Gasteiger partial charge < -0.3 is 19.1 Å². The van der Waals surface area contributed by atoms with Gasteiger partial charge in [-0.1, -0.05) is 92.6 Å². The molecule has 0 saturated heterocycles. The topological polar surface area (TPSA) is 78.7 Å². The van der Waals surface area contributed by atoms with E-state index in [1.165, 1.54) is 27.6 Å². The normalized spacial score (nSPS) is 11.2. The molecule has 0 spiro atoms. The predicted octanol–water partition coefficient (Wildman–Crippen LogP) is 5.84. The van der Waals surface area contributed by atoms with Crippen LogP contribution in [0.5, 0.6) is 0 Å². The molecule has 0 aliphatic heterocycles. The van der Waals surface area contributed by atoms with Gasteiger partial charge in [0.2, 0.25) is 0 Å². The zero-order valence-electron chi connectivity index (χ0n) is 20.9. The van der Waals surface area contributed by atoms with Crippen molar-refractivity contribution in [1.82, 2.24) is 0 Å². The summed E-state index contributed by atoms with van der Waals surface area (Å²) in [4.78, 5) is 22.6. The first-order valence-corrected chi connectivity index (χ1v) is 10.8. The highest BCUT2D eigenvalue weighted by molar-refractivity contribution is 6.47. The third-order valence-corrected chi connectivity index (χ3v) is 3.94. The molecule has 0 atom stereocenters. The Balaban J connectivity index is 0.00000242. The third-order valence-electron chi connectivity index (χ3n) is 3.94. The van der Waals surface area contributed by atoms with Crippen molar-refractivity contribution in [3.05, 3.63) is 77.5 Å². The number of rotatable bonds is 9. The molecule has 0 unspecified atom stereocenters. The number of methoxy groups -OCH3 is 2. The van der Waals surface area contributed by atoms with Gasteiger partial charge >= 0.3 is 5.97 Å². The van der Waals surface area contributed by atoms with Crippen LogP contribution in [0, 0.1) is 0 Å². The molecule has 0 N–H and O–H groups in total. The molecule has 33 heavy (non-hydrogen) atoms. The standard InChI is InChI=1S/C22H24N2O5.2C2H6/c1-16(21(24-28-4)17-10-6-5-7-11-17)23-29-14-18-12-8-9-13-19(18)20(15-26-2)22(25)27-3;2*1-2/h5-13,15H,14H2,1-4H3;2*1-2H3/b20-15+,23-16?,24-21?;;. The minimum Gasteiger partial charge on any atom is -0.503 e. The van der Waals surface area contributed by atoms with E-state index in [9.17, 15) is 4.79 Å². The van der Waals surface area contributed by atoms with Crippen LogP contribution in [0.3, 0.4) is 0 Å². The van der Waals surface area contributed by atoms with Crippen LogP contribution in [0.1, 0.15) is 51.3 Å². The molecule has 0 saturated carbocycles. The van der Waals surface area contributed by atoms with Crippen molar-refractivity contribution in [1.29, 1.82) is 0 Å². The van der Waals surface area contributed by atoms with Gasteiger partial charge in [0.05, 0.1) is 20.5 Å². The Hall–Kier alpha value is -3.61. The van der Waals surface area contributed by atoms with E-state index in [0.29, 0.717) is 22.6 Å². The summed E-state index contributed by atoms with van der Waals surface area (Å²) >= 11 is 0. The van der Waals surface area contributed by atoms with E-state index in [1.54, 1.807) is 13.0 Å². The number of benzene rings is 2. The quantitative estimate of drug-likeness (QED) is 0.156. The second-order valence-corrected chi connectivity index (χ2v) is 5.85. The number of oxime groups is 2. The van der Waals surface area contributed by atoms with Gasteiger partial charge in [0, 0.05) is 11.1 Å². The molecule has 180 valence electrons. The lowest BCUT2D eigenvalue weighted by Gasteiger charge is -2.11. The second-order valence-electron chi connectivity index (χ2n) is 5.85. The summed E-state index contributed by atoms with van der Waals surface area (Å²) in [5.74, 6) is -0.502. The van der Waals surface area contributed by atoms with Gasteiger partial charge in [0.1, 0.15) is 30.7 Å².